The summed E-state index contributed by atoms with van der Waals surface area (Å²) in [6, 6.07) is 0.0752. The Bertz CT molecular complexity index is 277. The molecule has 1 rings (SSSR count). The minimum Gasteiger partial charge on any atom is -0.393 e. The minimum absolute atomic E-state index is 0.0752. The van der Waals surface area contributed by atoms with Gasteiger partial charge < -0.3 is 10.2 Å². The summed E-state index contributed by atoms with van der Waals surface area (Å²) in [5, 5.41) is 19.7. The number of unbranched alkanes of at least 4 members (excludes halogenated alkanes) is 3. The van der Waals surface area contributed by atoms with Crippen molar-refractivity contribution >= 4 is 5.96 Å². The van der Waals surface area contributed by atoms with E-state index in [1.807, 2.05) is 0 Å². The fraction of sp³-hybridized carbons (Fsp3) is 0.923. The third-order valence-corrected chi connectivity index (χ3v) is 3.71. The minimum atomic E-state index is -0.590. The normalized spacial score (nSPS) is 25.4. The van der Waals surface area contributed by atoms with Gasteiger partial charge in [-0.2, -0.15) is 0 Å². The van der Waals surface area contributed by atoms with Gasteiger partial charge in [0.2, 0.25) is 0 Å². The van der Waals surface area contributed by atoms with Crippen LogP contribution in [0.1, 0.15) is 58.3 Å². The summed E-state index contributed by atoms with van der Waals surface area (Å²) >= 11 is 0. The largest absolute Gasteiger partial charge is 0.393 e. The third kappa shape index (κ3) is 4.46. The molecule has 18 heavy (non-hydrogen) atoms. The molecule has 0 bridgehead atoms. The van der Waals surface area contributed by atoms with E-state index >= 15 is 0 Å². The number of aliphatic hydroxyl groups excluding tert-OH is 2. The highest BCUT2D eigenvalue weighted by molar-refractivity contribution is 5.70. The molecule has 0 aromatic carbocycles. The van der Waals surface area contributed by atoms with Gasteiger partial charge >= 0.3 is 5.96 Å². The zero-order valence-corrected chi connectivity index (χ0v) is 11.4. The quantitative estimate of drug-likeness (QED) is 0.303. The smallest absolute Gasteiger partial charge is 0.343 e. The molecule has 6 N–H and O–H groups in total. The second-order valence-corrected chi connectivity index (χ2v) is 5.28. The lowest BCUT2D eigenvalue weighted by Crippen LogP contribution is -2.43. The molecule has 0 aromatic heterocycles. The Morgan fingerprint density at radius 3 is 2.61 bits per heavy atom. The summed E-state index contributed by atoms with van der Waals surface area (Å²) in [6.07, 6.45) is 6.73. The van der Waals surface area contributed by atoms with Gasteiger partial charge in [-0.15, -0.1) is 0 Å². The average molecular weight is 258 g/mol. The molecule has 1 unspecified atom stereocenters. The van der Waals surface area contributed by atoms with Crippen LogP contribution < -0.4 is 11.5 Å². The lowest BCUT2D eigenvalue weighted by atomic mass is 10.0. The average Bonchev–Trinajstić information content (AvgIpc) is 2.66. The zero-order valence-electron chi connectivity index (χ0n) is 11.4. The van der Waals surface area contributed by atoms with Gasteiger partial charge in [0.1, 0.15) is 0 Å². The summed E-state index contributed by atoms with van der Waals surface area (Å²) in [5.74, 6) is 0.156. The Labute approximate surface area is 109 Å². The molecule has 106 valence electrons. The molecule has 0 spiro atoms. The van der Waals surface area contributed by atoms with Crippen molar-refractivity contribution in [1.82, 2.24) is 0 Å². The van der Waals surface area contributed by atoms with Crippen LogP contribution in [0.4, 0.5) is 0 Å². The summed E-state index contributed by atoms with van der Waals surface area (Å²) in [5.41, 5.74) is 11.1. The van der Waals surface area contributed by atoms with Crippen LogP contribution in [-0.2, 0) is 0 Å². The summed E-state index contributed by atoms with van der Waals surface area (Å²) in [6.45, 7) is 2.17. The van der Waals surface area contributed by atoms with E-state index < -0.39 is 6.23 Å². The van der Waals surface area contributed by atoms with Crippen molar-refractivity contribution in [2.24, 2.45) is 11.5 Å². The maximum Gasteiger partial charge on any atom is 0.343 e. The molecule has 5 nitrogen and oxygen atoms in total. The van der Waals surface area contributed by atoms with Crippen LogP contribution >= 0.6 is 0 Å². The van der Waals surface area contributed by atoms with Crippen LogP contribution in [0.5, 0.6) is 0 Å². The van der Waals surface area contributed by atoms with Gasteiger partial charge in [0.25, 0.3) is 0 Å². The maximum absolute atomic E-state index is 10.00. The number of nitrogens with zero attached hydrogens (tertiary/aromatic N) is 1. The van der Waals surface area contributed by atoms with Gasteiger partial charge in [0.05, 0.1) is 12.1 Å². The van der Waals surface area contributed by atoms with E-state index in [1.165, 1.54) is 19.3 Å². The van der Waals surface area contributed by atoms with Gasteiger partial charge in [0, 0.05) is 12.8 Å². The van der Waals surface area contributed by atoms with Crippen molar-refractivity contribution in [2.45, 2.75) is 76.7 Å². The topological polar surface area (TPSA) is 95.5 Å². The van der Waals surface area contributed by atoms with Crippen molar-refractivity contribution in [3.63, 3.8) is 0 Å². The number of nitrogens with two attached hydrogens (primary N) is 2. The highest BCUT2D eigenvalue weighted by Gasteiger charge is 2.33. The Balaban J connectivity index is 2.35. The van der Waals surface area contributed by atoms with Gasteiger partial charge in [-0.25, -0.2) is 4.58 Å². The van der Waals surface area contributed by atoms with Gasteiger partial charge in [-0.05, 0) is 12.8 Å². The van der Waals surface area contributed by atoms with E-state index in [0.717, 1.165) is 19.3 Å². The first kappa shape index (κ1) is 15.2. The summed E-state index contributed by atoms with van der Waals surface area (Å²) in [7, 11) is 0. The molecule has 1 aliphatic heterocycles. The van der Waals surface area contributed by atoms with E-state index in [1.54, 1.807) is 4.58 Å². The van der Waals surface area contributed by atoms with Crippen LogP contribution in [0.15, 0.2) is 0 Å². The van der Waals surface area contributed by atoms with Crippen molar-refractivity contribution < 1.29 is 14.8 Å². The van der Waals surface area contributed by atoms with Gasteiger partial charge in [-0.3, -0.25) is 11.5 Å². The summed E-state index contributed by atoms with van der Waals surface area (Å²) in [4.78, 5) is 0. The van der Waals surface area contributed by atoms with E-state index in [0.29, 0.717) is 12.8 Å². The molecular formula is C13H28N3O2+. The number of rotatable bonds is 7. The molecule has 1 aliphatic rings. The lowest BCUT2D eigenvalue weighted by Gasteiger charge is -2.18. The molecule has 0 saturated carbocycles. The van der Waals surface area contributed by atoms with Crippen molar-refractivity contribution in [1.29, 1.82) is 0 Å². The van der Waals surface area contributed by atoms with Crippen LogP contribution in [0.2, 0.25) is 0 Å². The van der Waals surface area contributed by atoms with E-state index in [2.05, 4.69) is 6.92 Å². The van der Waals surface area contributed by atoms with E-state index in [-0.39, 0.29) is 18.1 Å². The standard InChI is InChI=1S/C13H27N3O2/c1-2-3-4-5-6-11(17)9-10-7-8-12(18)16(10)13(14)15/h10-12,17-18H,2-9H2,1H3,(H3,14,15)/p+1/t10-,11-,12?/m0/s1. The Hall–Kier alpha value is -0.810. The number of guanidine groups is 1. The fourth-order valence-electron chi connectivity index (χ4n) is 2.72. The number of aliphatic hydroxyl groups is 2. The first-order valence-electron chi connectivity index (χ1n) is 7.08. The third-order valence-electron chi connectivity index (χ3n) is 3.71. The number of hydrogen-bond acceptors (Lipinski definition) is 2. The Kier molecular flexibility index (Phi) is 6.43. The Morgan fingerprint density at radius 2 is 2.00 bits per heavy atom. The van der Waals surface area contributed by atoms with Gasteiger partial charge in [-0.1, -0.05) is 32.6 Å². The molecule has 1 saturated heterocycles. The van der Waals surface area contributed by atoms with Crippen LogP contribution in [0, 0.1) is 0 Å². The highest BCUT2D eigenvalue weighted by atomic mass is 16.3. The SMILES string of the molecule is CCCCCC[C@H](O)C[C@@H]1CCC(O)[N+]1=C(N)N. The molecule has 0 amide bonds. The molecule has 0 radical (unpaired) electrons. The monoisotopic (exact) mass is 258 g/mol. The first-order valence-corrected chi connectivity index (χ1v) is 7.08. The molecule has 3 atom stereocenters. The second-order valence-electron chi connectivity index (χ2n) is 5.28. The van der Waals surface area contributed by atoms with Crippen LogP contribution in [0.3, 0.4) is 0 Å². The fourth-order valence-corrected chi connectivity index (χ4v) is 2.72. The highest BCUT2D eigenvalue weighted by Crippen LogP contribution is 2.22. The second kappa shape index (κ2) is 7.59. The zero-order chi connectivity index (χ0) is 13.5. The molecular weight excluding hydrogens is 230 g/mol. The van der Waals surface area contributed by atoms with Crippen molar-refractivity contribution in [3.05, 3.63) is 0 Å². The predicted octanol–water partition coefficient (Wildman–Crippen LogP) is 0.475. The summed E-state index contributed by atoms with van der Waals surface area (Å²) < 4.78 is 1.63. The Morgan fingerprint density at radius 1 is 1.28 bits per heavy atom. The van der Waals surface area contributed by atoms with Crippen LogP contribution in [0.25, 0.3) is 0 Å². The van der Waals surface area contributed by atoms with E-state index in [9.17, 15) is 10.2 Å². The predicted molar refractivity (Wildman–Crippen MR) is 72.1 cm³/mol. The molecule has 0 aromatic rings. The molecule has 5 heteroatoms. The van der Waals surface area contributed by atoms with Gasteiger partial charge in [0.15, 0.2) is 6.23 Å². The van der Waals surface area contributed by atoms with E-state index in [4.69, 9.17) is 11.5 Å². The molecule has 0 aliphatic carbocycles. The maximum atomic E-state index is 10.00. The first-order chi connectivity index (χ1) is 8.56. The van der Waals surface area contributed by atoms with Crippen LogP contribution in [-0.4, -0.2) is 39.1 Å². The molecule has 1 heterocycles. The van der Waals surface area contributed by atoms with Crippen molar-refractivity contribution in [3.8, 4) is 0 Å². The lowest BCUT2D eigenvalue weighted by molar-refractivity contribution is -0.619. The molecule has 1 fully saturated rings. The number of hydrogen-bond donors (Lipinski definition) is 4. The van der Waals surface area contributed by atoms with Crippen molar-refractivity contribution in [2.75, 3.05) is 0 Å².